The van der Waals surface area contributed by atoms with E-state index in [-0.39, 0.29) is 11.9 Å². The zero-order valence-corrected chi connectivity index (χ0v) is 12.0. The molecule has 1 aromatic carbocycles. The lowest BCUT2D eigenvalue weighted by Crippen LogP contribution is -2.12. The number of halogens is 2. The molecule has 1 aliphatic rings. The smallest absolute Gasteiger partial charge is 0.137 e. The topological polar surface area (TPSA) is 38.9 Å². The van der Waals surface area contributed by atoms with Gasteiger partial charge >= 0.3 is 0 Å². The molecule has 0 fully saturated rings. The molecule has 0 amide bonds. The fourth-order valence-corrected chi connectivity index (χ4v) is 3.62. The minimum absolute atomic E-state index is 0.285. The molecule has 0 radical (unpaired) electrons. The quantitative estimate of drug-likeness (QED) is 0.916. The molecule has 3 rings (SSSR count). The number of aryl methyl sites for hydroxylation is 2. The predicted octanol–water partition coefficient (Wildman–Crippen LogP) is 3.58. The summed E-state index contributed by atoms with van der Waals surface area (Å²) in [5, 5.41) is 0.890. The number of thiazole rings is 1. The zero-order valence-electron chi connectivity index (χ0n) is 9.62. The maximum atomic E-state index is 13.5. The largest absolute Gasteiger partial charge is 0.318 e. The molecule has 2 N–H and O–H groups in total. The van der Waals surface area contributed by atoms with Gasteiger partial charge in [0.25, 0.3) is 0 Å². The van der Waals surface area contributed by atoms with Gasteiger partial charge in [-0.15, -0.1) is 11.3 Å². The van der Waals surface area contributed by atoms with Gasteiger partial charge in [0.2, 0.25) is 0 Å². The lowest BCUT2D eigenvalue weighted by Gasteiger charge is -2.09. The van der Waals surface area contributed by atoms with Gasteiger partial charge in [0.15, 0.2) is 0 Å². The number of hydrogen-bond acceptors (Lipinski definition) is 3. The molecule has 0 aliphatic heterocycles. The van der Waals surface area contributed by atoms with Crippen molar-refractivity contribution in [2.24, 2.45) is 5.73 Å². The highest BCUT2D eigenvalue weighted by Crippen LogP contribution is 2.32. The van der Waals surface area contributed by atoms with Crippen LogP contribution in [0.2, 0.25) is 0 Å². The maximum absolute atomic E-state index is 13.5. The van der Waals surface area contributed by atoms with Crippen molar-refractivity contribution in [1.29, 1.82) is 0 Å². The summed E-state index contributed by atoms with van der Waals surface area (Å²) in [7, 11) is 0. The van der Waals surface area contributed by atoms with E-state index in [0.717, 1.165) is 23.4 Å². The van der Waals surface area contributed by atoms with E-state index >= 15 is 0 Å². The van der Waals surface area contributed by atoms with Crippen molar-refractivity contribution in [3.63, 3.8) is 0 Å². The molecule has 18 heavy (non-hydrogen) atoms. The van der Waals surface area contributed by atoms with Crippen LogP contribution >= 0.6 is 27.3 Å². The average molecular weight is 327 g/mol. The van der Waals surface area contributed by atoms with E-state index in [2.05, 4.69) is 20.9 Å². The molecule has 0 bridgehead atoms. The van der Waals surface area contributed by atoms with Gasteiger partial charge in [-0.3, -0.25) is 0 Å². The van der Waals surface area contributed by atoms with Crippen LogP contribution < -0.4 is 5.73 Å². The second-order valence-corrected chi connectivity index (χ2v) is 6.40. The van der Waals surface area contributed by atoms with Crippen molar-refractivity contribution < 1.29 is 4.39 Å². The monoisotopic (exact) mass is 326 g/mol. The van der Waals surface area contributed by atoms with Gasteiger partial charge in [0.1, 0.15) is 10.8 Å². The molecule has 1 heterocycles. The Morgan fingerprint density at radius 1 is 1.39 bits per heavy atom. The molecule has 1 atom stereocenters. The van der Waals surface area contributed by atoms with E-state index in [1.54, 1.807) is 17.4 Å². The number of hydrogen-bond donors (Lipinski definition) is 1. The van der Waals surface area contributed by atoms with Gasteiger partial charge < -0.3 is 5.73 Å². The molecular weight excluding hydrogens is 315 g/mol. The number of benzene rings is 1. The Balaban J connectivity index is 1.93. The summed E-state index contributed by atoms with van der Waals surface area (Å²) in [6, 6.07) is 4.67. The third-order valence-electron chi connectivity index (χ3n) is 3.18. The molecule has 1 unspecified atom stereocenters. The number of rotatable bonds is 2. The Labute approximate surface area is 117 Å². The second-order valence-electron chi connectivity index (χ2n) is 4.43. The van der Waals surface area contributed by atoms with Crippen LogP contribution in [0.3, 0.4) is 0 Å². The Morgan fingerprint density at radius 3 is 2.94 bits per heavy atom. The Kier molecular flexibility index (Phi) is 3.21. The van der Waals surface area contributed by atoms with E-state index in [1.807, 2.05) is 6.07 Å². The lowest BCUT2D eigenvalue weighted by atomic mass is 10.1. The van der Waals surface area contributed by atoms with E-state index in [1.165, 1.54) is 23.1 Å². The third-order valence-corrected chi connectivity index (χ3v) is 5.06. The normalized spacial score (nSPS) is 15.7. The highest BCUT2D eigenvalue weighted by Gasteiger charge is 2.21. The molecule has 0 saturated carbocycles. The van der Waals surface area contributed by atoms with E-state index in [4.69, 9.17) is 5.73 Å². The van der Waals surface area contributed by atoms with Crippen molar-refractivity contribution in [2.75, 3.05) is 0 Å². The van der Waals surface area contributed by atoms with Gasteiger partial charge in [0, 0.05) is 4.88 Å². The van der Waals surface area contributed by atoms with Crippen molar-refractivity contribution in [3.05, 3.63) is 49.6 Å². The first-order valence-corrected chi connectivity index (χ1v) is 7.45. The molecule has 0 saturated heterocycles. The van der Waals surface area contributed by atoms with E-state index < -0.39 is 0 Å². The molecular formula is C13H12BrFN2S. The highest BCUT2D eigenvalue weighted by molar-refractivity contribution is 9.10. The first kappa shape index (κ1) is 12.3. The summed E-state index contributed by atoms with van der Waals surface area (Å²) >= 11 is 4.81. The maximum Gasteiger partial charge on any atom is 0.137 e. The summed E-state index contributed by atoms with van der Waals surface area (Å²) < 4.78 is 14.0. The summed E-state index contributed by atoms with van der Waals surface area (Å²) in [5.41, 5.74) is 8.11. The van der Waals surface area contributed by atoms with Gasteiger partial charge in [-0.25, -0.2) is 9.37 Å². The van der Waals surface area contributed by atoms with Crippen LogP contribution in [-0.4, -0.2) is 4.98 Å². The summed E-state index contributed by atoms with van der Waals surface area (Å²) in [4.78, 5) is 5.92. The molecule has 94 valence electrons. The molecule has 2 aromatic rings. The van der Waals surface area contributed by atoms with Crippen LogP contribution in [0, 0.1) is 5.82 Å². The first-order chi connectivity index (χ1) is 8.65. The van der Waals surface area contributed by atoms with Crippen molar-refractivity contribution in [3.8, 4) is 0 Å². The number of aromatic nitrogens is 1. The Bertz CT molecular complexity index is 575. The number of nitrogens with zero attached hydrogens (tertiary/aromatic N) is 1. The van der Waals surface area contributed by atoms with Crippen LogP contribution in [0.4, 0.5) is 4.39 Å². The summed E-state index contributed by atoms with van der Waals surface area (Å²) in [6.45, 7) is 0. The third kappa shape index (κ3) is 2.11. The first-order valence-electron chi connectivity index (χ1n) is 5.84. The minimum atomic E-state index is -0.330. The standard InChI is InChI=1S/C13H12BrFN2S/c14-8-5-4-7(6-9(8)15)12(16)13-17-10-2-1-3-11(10)18-13/h4-6,12H,1-3,16H2. The van der Waals surface area contributed by atoms with Crippen LogP contribution in [0.15, 0.2) is 22.7 Å². The Hall–Kier alpha value is -0.780. The van der Waals surface area contributed by atoms with Crippen LogP contribution in [0.25, 0.3) is 0 Å². The number of nitrogens with two attached hydrogens (primary N) is 1. The van der Waals surface area contributed by atoms with E-state index in [9.17, 15) is 4.39 Å². The highest BCUT2D eigenvalue weighted by atomic mass is 79.9. The molecule has 2 nitrogen and oxygen atoms in total. The second kappa shape index (κ2) is 4.72. The van der Waals surface area contributed by atoms with Crippen molar-refractivity contribution in [2.45, 2.75) is 25.3 Å². The van der Waals surface area contributed by atoms with Crippen LogP contribution in [0.5, 0.6) is 0 Å². The molecule has 0 spiro atoms. The summed E-state index contributed by atoms with van der Waals surface area (Å²) in [5.74, 6) is -0.285. The zero-order chi connectivity index (χ0) is 12.7. The van der Waals surface area contributed by atoms with Crippen LogP contribution in [-0.2, 0) is 12.8 Å². The van der Waals surface area contributed by atoms with Crippen LogP contribution in [0.1, 0.15) is 33.6 Å². The van der Waals surface area contributed by atoms with E-state index in [0.29, 0.717) is 4.47 Å². The minimum Gasteiger partial charge on any atom is -0.318 e. The van der Waals surface area contributed by atoms with Crippen molar-refractivity contribution >= 4 is 27.3 Å². The molecule has 1 aliphatic carbocycles. The molecule has 5 heteroatoms. The predicted molar refractivity (Wildman–Crippen MR) is 74.3 cm³/mol. The number of fused-ring (bicyclic) bond motifs is 1. The fourth-order valence-electron chi connectivity index (χ4n) is 2.19. The molecule has 1 aromatic heterocycles. The van der Waals surface area contributed by atoms with Gasteiger partial charge in [-0.1, -0.05) is 6.07 Å². The van der Waals surface area contributed by atoms with Gasteiger partial charge in [0.05, 0.1) is 16.2 Å². The van der Waals surface area contributed by atoms with Gasteiger partial charge in [-0.2, -0.15) is 0 Å². The Morgan fingerprint density at radius 2 is 2.22 bits per heavy atom. The summed E-state index contributed by atoms with van der Waals surface area (Å²) in [6.07, 6.45) is 3.35. The SMILES string of the molecule is NC(c1ccc(Br)c(F)c1)c1nc2c(s1)CCC2. The van der Waals surface area contributed by atoms with Gasteiger partial charge in [-0.05, 0) is 52.9 Å². The fraction of sp³-hybridized carbons (Fsp3) is 0.308. The lowest BCUT2D eigenvalue weighted by molar-refractivity contribution is 0.617. The van der Waals surface area contributed by atoms with Crippen molar-refractivity contribution in [1.82, 2.24) is 4.98 Å². The average Bonchev–Trinajstić information content (AvgIpc) is 2.92.